The van der Waals surface area contributed by atoms with Crippen LogP contribution in [0.15, 0.2) is 59.5 Å². The molecular formula is C27H22F3NO5S. The summed E-state index contributed by atoms with van der Waals surface area (Å²) in [6.07, 6.45) is 0.201. The Morgan fingerprint density at radius 3 is 2.32 bits per heavy atom. The van der Waals surface area contributed by atoms with Crippen LogP contribution in [0.3, 0.4) is 0 Å². The molecule has 2 amide bonds. The first-order valence-corrected chi connectivity index (χ1v) is 13.0. The quantitative estimate of drug-likeness (QED) is 0.210. The van der Waals surface area contributed by atoms with Gasteiger partial charge in [-0.1, -0.05) is 56.2 Å². The molecule has 1 aliphatic rings. The molecule has 1 heterocycles. The second-order valence-corrected chi connectivity index (χ2v) is 9.99. The van der Waals surface area contributed by atoms with Crippen molar-refractivity contribution in [1.29, 1.82) is 0 Å². The summed E-state index contributed by atoms with van der Waals surface area (Å²) in [7, 11) is -4.95. The van der Waals surface area contributed by atoms with Crippen LogP contribution >= 0.6 is 0 Å². The largest absolute Gasteiger partial charge is 0.416 e. The Balaban J connectivity index is 1.66. The van der Waals surface area contributed by atoms with E-state index in [1.165, 1.54) is 12.1 Å². The van der Waals surface area contributed by atoms with Crippen molar-refractivity contribution in [2.45, 2.75) is 50.1 Å². The average Bonchev–Trinajstić information content (AvgIpc) is 2.87. The second kappa shape index (κ2) is 10.4. The van der Waals surface area contributed by atoms with E-state index in [0.29, 0.717) is 34.9 Å². The van der Waals surface area contributed by atoms with Crippen LogP contribution in [-0.2, 0) is 20.6 Å². The summed E-state index contributed by atoms with van der Waals surface area (Å²) in [6, 6.07) is 10.6. The first-order valence-electron chi connectivity index (χ1n) is 11.6. The van der Waals surface area contributed by atoms with Crippen molar-refractivity contribution in [2.24, 2.45) is 0 Å². The fourth-order valence-electron chi connectivity index (χ4n) is 4.02. The standard InChI is InChI=1S/C27H22F3NO5S/c1-2-3-4-5-6-7-10-18-15-16-23-24-21(18)13-9-14-22(24)25(32)31(26(23)33)36-37(34,35)20-12-8-11-19(17-20)27(28,29)30/h8-9,11-17H,2-6H2,1H3. The van der Waals surface area contributed by atoms with Gasteiger partial charge in [-0.3, -0.25) is 9.59 Å². The van der Waals surface area contributed by atoms with E-state index in [1.807, 2.05) is 0 Å². The molecule has 3 aromatic rings. The zero-order valence-corrected chi connectivity index (χ0v) is 20.6. The lowest BCUT2D eigenvalue weighted by molar-refractivity contribution is -0.137. The Morgan fingerprint density at radius 2 is 1.62 bits per heavy atom. The van der Waals surface area contributed by atoms with Crippen molar-refractivity contribution in [3.8, 4) is 11.8 Å². The molecule has 10 heteroatoms. The van der Waals surface area contributed by atoms with Gasteiger partial charge in [-0.2, -0.15) is 21.6 Å². The molecule has 0 radical (unpaired) electrons. The van der Waals surface area contributed by atoms with Crippen molar-refractivity contribution in [3.63, 3.8) is 0 Å². The Morgan fingerprint density at radius 1 is 0.919 bits per heavy atom. The molecule has 0 aliphatic carbocycles. The van der Waals surface area contributed by atoms with E-state index >= 15 is 0 Å². The molecule has 192 valence electrons. The number of rotatable bonds is 7. The van der Waals surface area contributed by atoms with E-state index in [4.69, 9.17) is 4.28 Å². The lowest BCUT2D eigenvalue weighted by Gasteiger charge is -2.25. The summed E-state index contributed by atoms with van der Waals surface area (Å²) in [5, 5.41) is 0.927. The topological polar surface area (TPSA) is 80.8 Å². The molecule has 0 saturated carbocycles. The number of hydrogen-bond acceptors (Lipinski definition) is 5. The molecule has 4 rings (SSSR count). The number of hydroxylamine groups is 2. The number of unbranched alkanes of at least 4 members (excludes halogenated alkanes) is 4. The molecule has 0 fully saturated rings. The molecular weight excluding hydrogens is 507 g/mol. The van der Waals surface area contributed by atoms with Crippen LogP contribution < -0.4 is 0 Å². The van der Waals surface area contributed by atoms with Gasteiger partial charge >= 0.3 is 16.3 Å². The molecule has 0 N–H and O–H groups in total. The number of nitrogens with zero attached hydrogens (tertiary/aromatic N) is 1. The third-order valence-corrected chi connectivity index (χ3v) is 7.05. The molecule has 0 bridgehead atoms. The number of benzene rings is 3. The number of carbonyl (C=O) groups excluding carboxylic acids is 2. The van der Waals surface area contributed by atoms with Crippen LogP contribution in [0.25, 0.3) is 10.8 Å². The third-order valence-electron chi connectivity index (χ3n) is 5.87. The monoisotopic (exact) mass is 529 g/mol. The van der Waals surface area contributed by atoms with E-state index in [9.17, 15) is 31.2 Å². The van der Waals surface area contributed by atoms with Crippen LogP contribution in [0, 0.1) is 11.8 Å². The zero-order chi connectivity index (χ0) is 26.8. The van der Waals surface area contributed by atoms with Crippen LogP contribution in [0.4, 0.5) is 13.2 Å². The molecule has 3 aromatic carbocycles. The van der Waals surface area contributed by atoms with E-state index in [2.05, 4.69) is 18.8 Å². The minimum atomic E-state index is -4.95. The molecule has 0 atom stereocenters. The van der Waals surface area contributed by atoms with E-state index < -0.39 is 38.6 Å². The predicted octanol–water partition coefficient (Wildman–Crippen LogP) is 6.10. The van der Waals surface area contributed by atoms with Gasteiger partial charge < -0.3 is 0 Å². The van der Waals surface area contributed by atoms with E-state index in [-0.39, 0.29) is 16.2 Å². The summed E-state index contributed by atoms with van der Waals surface area (Å²) >= 11 is 0. The maximum atomic E-state index is 13.1. The van der Waals surface area contributed by atoms with Gasteiger partial charge in [-0.15, -0.1) is 9.35 Å². The molecule has 0 aromatic heterocycles. The minimum Gasteiger partial charge on any atom is -0.266 e. The normalized spacial score (nSPS) is 13.6. The highest BCUT2D eigenvalue weighted by Gasteiger charge is 2.39. The van der Waals surface area contributed by atoms with Crippen LogP contribution in [0.5, 0.6) is 0 Å². The zero-order valence-electron chi connectivity index (χ0n) is 19.8. The van der Waals surface area contributed by atoms with Crippen molar-refractivity contribution < 1.29 is 35.5 Å². The first-order chi connectivity index (χ1) is 17.5. The third kappa shape index (κ3) is 5.38. The van der Waals surface area contributed by atoms with Crippen LogP contribution in [-0.4, -0.2) is 25.3 Å². The van der Waals surface area contributed by atoms with Gasteiger partial charge in [-0.25, -0.2) is 0 Å². The van der Waals surface area contributed by atoms with Gasteiger partial charge in [0.25, 0.3) is 11.8 Å². The van der Waals surface area contributed by atoms with Gasteiger partial charge in [0.1, 0.15) is 0 Å². The Bertz CT molecular complexity index is 1530. The highest BCUT2D eigenvalue weighted by molar-refractivity contribution is 7.86. The Labute approximate surface area is 212 Å². The fraction of sp³-hybridized carbons (Fsp3) is 0.259. The van der Waals surface area contributed by atoms with Gasteiger partial charge in [0.05, 0.1) is 21.6 Å². The van der Waals surface area contributed by atoms with E-state index in [1.54, 1.807) is 18.2 Å². The number of hydrogen-bond donors (Lipinski definition) is 0. The predicted molar refractivity (Wildman–Crippen MR) is 130 cm³/mol. The first kappa shape index (κ1) is 26.4. The number of imide groups is 1. The summed E-state index contributed by atoms with van der Waals surface area (Å²) in [5.74, 6) is 4.08. The molecule has 1 aliphatic heterocycles. The van der Waals surface area contributed by atoms with Gasteiger partial charge in [0.15, 0.2) is 0 Å². The number of amides is 2. The fourth-order valence-corrected chi connectivity index (χ4v) is 4.95. The summed E-state index contributed by atoms with van der Waals surface area (Å²) in [5.41, 5.74) is -0.582. The van der Waals surface area contributed by atoms with Gasteiger partial charge in [0.2, 0.25) is 0 Å². The van der Waals surface area contributed by atoms with Crippen molar-refractivity contribution >= 4 is 32.7 Å². The number of halogens is 3. The van der Waals surface area contributed by atoms with Crippen LogP contribution in [0.1, 0.15) is 70.9 Å². The summed E-state index contributed by atoms with van der Waals surface area (Å²) in [4.78, 5) is 25.4. The van der Waals surface area contributed by atoms with Crippen molar-refractivity contribution in [2.75, 3.05) is 0 Å². The SMILES string of the molecule is CCCCCCC#Cc1ccc2c3c(cccc13)C(=O)N(OS(=O)(=O)c1cccc(C(F)(F)F)c1)C2=O. The lowest BCUT2D eigenvalue weighted by atomic mass is 9.92. The maximum Gasteiger partial charge on any atom is 0.416 e. The maximum absolute atomic E-state index is 13.1. The second-order valence-electron chi connectivity index (χ2n) is 8.46. The molecule has 6 nitrogen and oxygen atoms in total. The van der Waals surface area contributed by atoms with Gasteiger partial charge in [-0.05, 0) is 48.2 Å². The average molecular weight is 530 g/mol. The van der Waals surface area contributed by atoms with E-state index in [0.717, 1.165) is 37.8 Å². The molecule has 37 heavy (non-hydrogen) atoms. The Kier molecular flexibility index (Phi) is 7.39. The van der Waals surface area contributed by atoms with Gasteiger partial charge in [0, 0.05) is 17.4 Å². The van der Waals surface area contributed by atoms with Crippen LogP contribution in [0.2, 0.25) is 0 Å². The number of alkyl halides is 3. The summed E-state index contributed by atoms with van der Waals surface area (Å²) in [6.45, 7) is 2.12. The number of carbonyl (C=O) groups is 2. The highest BCUT2D eigenvalue weighted by atomic mass is 32.2. The summed E-state index contributed by atoms with van der Waals surface area (Å²) < 4.78 is 69.4. The lowest BCUT2D eigenvalue weighted by Crippen LogP contribution is -2.41. The Hall–Kier alpha value is -3.68. The van der Waals surface area contributed by atoms with Crippen molar-refractivity contribution in [1.82, 2.24) is 5.06 Å². The minimum absolute atomic E-state index is 0.0120. The molecule has 0 unspecified atom stereocenters. The smallest absolute Gasteiger partial charge is 0.266 e. The highest BCUT2D eigenvalue weighted by Crippen LogP contribution is 2.34. The van der Waals surface area contributed by atoms with Crippen molar-refractivity contribution in [3.05, 3.63) is 76.9 Å². The molecule has 0 saturated heterocycles. The molecule has 0 spiro atoms.